The smallest absolute Gasteiger partial charge is 0.0417 e. The van der Waals surface area contributed by atoms with Crippen LogP contribution in [0.5, 0.6) is 0 Å². The van der Waals surface area contributed by atoms with Gasteiger partial charge >= 0.3 is 0 Å². The Bertz CT molecular complexity index is 499. The molecule has 2 aromatic rings. The summed E-state index contributed by atoms with van der Waals surface area (Å²) in [5, 5.41) is 7.14. The Hall–Kier alpha value is -1.80. The van der Waals surface area contributed by atoms with E-state index in [0.29, 0.717) is 0 Å². The fraction of sp³-hybridized carbons (Fsp3) is 0.294. The number of para-hydroxylation sites is 2. The lowest BCUT2D eigenvalue weighted by atomic mass is 10.1. The van der Waals surface area contributed by atoms with Crippen molar-refractivity contribution in [2.24, 2.45) is 0 Å². The minimum atomic E-state index is 1.05. The van der Waals surface area contributed by atoms with Gasteiger partial charge in [-0.3, -0.25) is 0 Å². The minimum Gasteiger partial charge on any atom is -0.355 e. The average molecular weight is 252 g/mol. The first-order valence-corrected chi connectivity index (χ1v) is 7.07. The zero-order chi connectivity index (χ0) is 12.9. The highest BCUT2D eigenvalue weighted by molar-refractivity contribution is 5.66. The molecule has 19 heavy (non-hydrogen) atoms. The molecule has 1 aliphatic rings. The number of benzene rings is 2. The van der Waals surface area contributed by atoms with E-state index in [-0.39, 0.29) is 0 Å². The van der Waals surface area contributed by atoms with Gasteiger partial charge in [0.05, 0.1) is 0 Å². The van der Waals surface area contributed by atoms with Crippen LogP contribution < -0.4 is 10.6 Å². The maximum atomic E-state index is 3.61. The highest BCUT2D eigenvalue weighted by Crippen LogP contribution is 2.25. The Kier molecular flexibility index (Phi) is 3.80. The number of hydrogen-bond acceptors (Lipinski definition) is 2. The summed E-state index contributed by atoms with van der Waals surface area (Å²) in [6, 6.07) is 17.2. The van der Waals surface area contributed by atoms with Crippen molar-refractivity contribution in [1.82, 2.24) is 5.32 Å². The van der Waals surface area contributed by atoms with E-state index in [4.69, 9.17) is 0 Å². The van der Waals surface area contributed by atoms with Gasteiger partial charge in [0.1, 0.15) is 0 Å². The number of anilines is 2. The first kappa shape index (κ1) is 12.2. The standard InChI is InChI=1S/C17H20N2/c1-3-9-16-14(6-1)8-5-12-18-13-11-15-7-2-4-10-17(15)19-16/h1-4,6-7,9-10,18-19H,5,8,11-13H2. The lowest BCUT2D eigenvalue weighted by Crippen LogP contribution is -2.18. The van der Waals surface area contributed by atoms with Crippen molar-refractivity contribution in [3.05, 3.63) is 59.7 Å². The van der Waals surface area contributed by atoms with Crippen LogP contribution in [0.15, 0.2) is 48.5 Å². The van der Waals surface area contributed by atoms with Crippen LogP contribution in [0.2, 0.25) is 0 Å². The quantitative estimate of drug-likeness (QED) is 0.749. The van der Waals surface area contributed by atoms with Crippen LogP contribution in [0.3, 0.4) is 0 Å². The third kappa shape index (κ3) is 2.96. The Morgan fingerprint density at radius 2 is 1.32 bits per heavy atom. The molecule has 1 heterocycles. The largest absolute Gasteiger partial charge is 0.355 e. The topological polar surface area (TPSA) is 24.1 Å². The molecule has 3 rings (SSSR count). The van der Waals surface area contributed by atoms with E-state index in [2.05, 4.69) is 59.2 Å². The summed E-state index contributed by atoms with van der Waals surface area (Å²) in [7, 11) is 0. The second-order valence-electron chi connectivity index (χ2n) is 5.04. The lowest BCUT2D eigenvalue weighted by Gasteiger charge is -2.14. The van der Waals surface area contributed by atoms with Crippen molar-refractivity contribution in [2.75, 3.05) is 18.4 Å². The van der Waals surface area contributed by atoms with Crippen LogP contribution in [0.25, 0.3) is 0 Å². The lowest BCUT2D eigenvalue weighted by molar-refractivity contribution is 0.649. The van der Waals surface area contributed by atoms with Crippen LogP contribution in [-0.4, -0.2) is 13.1 Å². The summed E-state index contributed by atoms with van der Waals surface area (Å²) in [5.41, 5.74) is 5.27. The molecule has 1 aliphatic heterocycles. The Balaban J connectivity index is 1.97. The predicted octanol–water partition coefficient (Wildman–Crippen LogP) is 3.51. The van der Waals surface area contributed by atoms with E-state index >= 15 is 0 Å². The second-order valence-corrected chi connectivity index (χ2v) is 5.04. The summed E-state index contributed by atoms with van der Waals surface area (Å²) < 4.78 is 0. The highest BCUT2D eigenvalue weighted by atomic mass is 14.9. The molecule has 0 bridgehead atoms. The van der Waals surface area contributed by atoms with Crippen LogP contribution in [0.1, 0.15) is 17.5 Å². The summed E-state index contributed by atoms with van der Waals surface area (Å²) in [5.74, 6) is 0. The maximum absolute atomic E-state index is 3.61. The Morgan fingerprint density at radius 1 is 0.684 bits per heavy atom. The first-order chi connectivity index (χ1) is 9.43. The van der Waals surface area contributed by atoms with Gasteiger partial charge in [-0.15, -0.1) is 0 Å². The molecule has 0 saturated heterocycles. The third-order valence-electron chi connectivity index (χ3n) is 3.67. The van der Waals surface area contributed by atoms with Crippen molar-refractivity contribution < 1.29 is 0 Å². The molecule has 0 amide bonds. The Labute approximate surface area is 114 Å². The number of hydrogen-bond donors (Lipinski definition) is 2. The van der Waals surface area contributed by atoms with Gasteiger partial charge in [-0.25, -0.2) is 0 Å². The molecule has 2 nitrogen and oxygen atoms in total. The molecule has 0 spiro atoms. The number of fused-ring (bicyclic) bond motifs is 2. The summed E-state index contributed by atoms with van der Waals surface area (Å²) in [6.07, 6.45) is 3.39. The molecule has 0 radical (unpaired) electrons. The van der Waals surface area contributed by atoms with E-state index in [9.17, 15) is 0 Å². The van der Waals surface area contributed by atoms with E-state index in [1.165, 1.54) is 28.9 Å². The van der Waals surface area contributed by atoms with Crippen LogP contribution in [0, 0.1) is 0 Å². The highest BCUT2D eigenvalue weighted by Gasteiger charge is 2.07. The molecule has 0 fully saturated rings. The monoisotopic (exact) mass is 252 g/mol. The molecule has 0 saturated carbocycles. The molecule has 0 atom stereocenters. The third-order valence-corrected chi connectivity index (χ3v) is 3.67. The number of nitrogens with one attached hydrogen (secondary N) is 2. The van der Waals surface area contributed by atoms with Gasteiger partial charge in [0.2, 0.25) is 0 Å². The van der Waals surface area contributed by atoms with Gasteiger partial charge < -0.3 is 10.6 Å². The van der Waals surface area contributed by atoms with Crippen molar-refractivity contribution >= 4 is 11.4 Å². The first-order valence-electron chi connectivity index (χ1n) is 7.07. The van der Waals surface area contributed by atoms with Gasteiger partial charge in [0.15, 0.2) is 0 Å². The van der Waals surface area contributed by atoms with Gasteiger partial charge in [0.25, 0.3) is 0 Å². The molecular formula is C17H20N2. The molecular weight excluding hydrogens is 232 g/mol. The second kappa shape index (κ2) is 5.89. The van der Waals surface area contributed by atoms with E-state index in [0.717, 1.165) is 25.9 Å². The van der Waals surface area contributed by atoms with E-state index < -0.39 is 0 Å². The number of aryl methyl sites for hydroxylation is 1. The maximum Gasteiger partial charge on any atom is 0.0417 e. The molecule has 2 heteroatoms. The fourth-order valence-electron chi connectivity index (χ4n) is 2.62. The van der Waals surface area contributed by atoms with E-state index in [1.54, 1.807) is 0 Å². The van der Waals surface area contributed by atoms with Crippen LogP contribution in [-0.2, 0) is 12.8 Å². The summed E-state index contributed by atoms with van der Waals surface area (Å²) in [4.78, 5) is 0. The van der Waals surface area contributed by atoms with Gasteiger partial charge in [-0.2, -0.15) is 0 Å². The van der Waals surface area contributed by atoms with E-state index in [1.807, 2.05) is 0 Å². The van der Waals surface area contributed by atoms with Crippen molar-refractivity contribution in [1.29, 1.82) is 0 Å². The van der Waals surface area contributed by atoms with Gasteiger partial charge in [-0.1, -0.05) is 36.4 Å². The molecule has 0 unspecified atom stereocenters. The number of rotatable bonds is 0. The molecule has 2 N–H and O–H groups in total. The SMILES string of the molecule is c1ccc2c(c1)CCCNCCc1ccccc1N2. The van der Waals surface area contributed by atoms with Crippen molar-refractivity contribution in [2.45, 2.75) is 19.3 Å². The van der Waals surface area contributed by atoms with Crippen LogP contribution >= 0.6 is 0 Å². The summed E-state index contributed by atoms with van der Waals surface area (Å²) in [6.45, 7) is 2.14. The minimum absolute atomic E-state index is 1.05. The van der Waals surface area contributed by atoms with Crippen molar-refractivity contribution in [3.8, 4) is 0 Å². The fourth-order valence-corrected chi connectivity index (χ4v) is 2.62. The average Bonchev–Trinajstić information content (AvgIpc) is 2.49. The summed E-state index contributed by atoms with van der Waals surface area (Å²) >= 11 is 0. The molecule has 0 aromatic heterocycles. The molecule has 2 aromatic carbocycles. The zero-order valence-electron chi connectivity index (χ0n) is 11.2. The van der Waals surface area contributed by atoms with Crippen molar-refractivity contribution in [3.63, 3.8) is 0 Å². The normalized spacial score (nSPS) is 15.6. The van der Waals surface area contributed by atoms with Gasteiger partial charge in [0, 0.05) is 11.4 Å². The van der Waals surface area contributed by atoms with Crippen LogP contribution in [0.4, 0.5) is 11.4 Å². The zero-order valence-corrected chi connectivity index (χ0v) is 11.2. The molecule has 98 valence electrons. The Morgan fingerprint density at radius 3 is 2.05 bits per heavy atom. The predicted molar refractivity (Wildman–Crippen MR) is 81.1 cm³/mol. The molecule has 0 aliphatic carbocycles. The van der Waals surface area contributed by atoms with Gasteiger partial charge in [-0.05, 0) is 55.6 Å².